The normalized spacial score (nSPS) is 11.9. The van der Waals surface area contributed by atoms with Gasteiger partial charge in [-0.15, -0.1) is 0 Å². The Balaban J connectivity index is 1.78. The molecule has 0 heterocycles. The molecule has 3 aromatic carbocycles. The van der Waals surface area contributed by atoms with Crippen molar-refractivity contribution < 1.29 is 9.59 Å². The van der Waals surface area contributed by atoms with Crippen LogP contribution in [-0.4, -0.2) is 17.9 Å². The van der Waals surface area contributed by atoms with Crippen LogP contribution in [0.15, 0.2) is 60.7 Å². The molecule has 0 bridgehead atoms. The van der Waals surface area contributed by atoms with Crippen molar-refractivity contribution in [2.24, 2.45) is 5.73 Å². The molecule has 0 aliphatic carbocycles. The molecular formula is C22H22N2O2. The van der Waals surface area contributed by atoms with Gasteiger partial charge in [0.2, 0.25) is 5.91 Å². The van der Waals surface area contributed by atoms with Crippen molar-refractivity contribution in [3.63, 3.8) is 0 Å². The molecule has 26 heavy (non-hydrogen) atoms. The number of nitrogens with one attached hydrogen (secondary N) is 1. The molecule has 0 radical (unpaired) electrons. The van der Waals surface area contributed by atoms with Crippen molar-refractivity contribution in [3.05, 3.63) is 82.9 Å². The third-order valence-electron chi connectivity index (χ3n) is 4.67. The van der Waals surface area contributed by atoms with E-state index < -0.39 is 11.9 Å². The van der Waals surface area contributed by atoms with Crippen LogP contribution in [0.5, 0.6) is 0 Å². The van der Waals surface area contributed by atoms with E-state index in [-0.39, 0.29) is 5.91 Å². The molecule has 0 spiro atoms. The summed E-state index contributed by atoms with van der Waals surface area (Å²) < 4.78 is 0. The van der Waals surface area contributed by atoms with Gasteiger partial charge in [-0.25, -0.2) is 0 Å². The van der Waals surface area contributed by atoms with Gasteiger partial charge in [0.25, 0.3) is 5.91 Å². The molecule has 0 aromatic heterocycles. The van der Waals surface area contributed by atoms with E-state index in [4.69, 9.17) is 5.73 Å². The fourth-order valence-electron chi connectivity index (χ4n) is 2.96. The molecule has 0 aliphatic heterocycles. The highest BCUT2D eigenvalue weighted by Crippen LogP contribution is 2.16. The largest absolute Gasteiger partial charge is 0.368 e. The van der Waals surface area contributed by atoms with Crippen LogP contribution in [0.4, 0.5) is 0 Å². The van der Waals surface area contributed by atoms with Crippen molar-refractivity contribution in [2.45, 2.75) is 26.3 Å². The van der Waals surface area contributed by atoms with E-state index in [0.717, 1.165) is 21.9 Å². The molecule has 1 atom stereocenters. The fraction of sp³-hybridized carbons (Fsp3) is 0.182. The first-order valence-corrected chi connectivity index (χ1v) is 8.59. The van der Waals surface area contributed by atoms with E-state index in [1.165, 1.54) is 5.56 Å². The number of fused-ring (bicyclic) bond motifs is 1. The molecule has 3 aromatic rings. The number of carbonyl (C=O) groups excluding carboxylic acids is 2. The lowest BCUT2D eigenvalue weighted by Gasteiger charge is -2.16. The molecule has 0 saturated heterocycles. The molecule has 3 rings (SSSR count). The monoisotopic (exact) mass is 346 g/mol. The second-order valence-electron chi connectivity index (χ2n) is 6.61. The van der Waals surface area contributed by atoms with Gasteiger partial charge in [-0.3, -0.25) is 9.59 Å². The Hall–Kier alpha value is -3.14. The molecular weight excluding hydrogens is 324 g/mol. The second-order valence-corrected chi connectivity index (χ2v) is 6.61. The first-order valence-electron chi connectivity index (χ1n) is 8.59. The molecule has 0 fully saturated rings. The van der Waals surface area contributed by atoms with Crippen LogP contribution in [0.2, 0.25) is 0 Å². The fourth-order valence-corrected chi connectivity index (χ4v) is 2.96. The number of rotatable bonds is 5. The summed E-state index contributed by atoms with van der Waals surface area (Å²) in [7, 11) is 0. The Labute approximate surface area is 153 Å². The van der Waals surface area contributed by atoms with E-state index >= 15 is 0 Å². The summed E-state index contributed by atoms with van der Waals surface area (Å²) in [6.45, 7) is 4.05. The maximum Gasteiger partial charge on any atom is 0.251 e. The third-order valence-corrected chi connectivity index (χ3v) is 4.67. The molecule has 0 unspecified atom stereocenters. The molecule has 4 nitrogen and oxygen atoms in total. The van der Waals surface area contributed by atoms with E-state index in [1.807, 2.05) is 68.4 Å². The Kier molecular flexibility index (Phi) is 5.03. The van der Waals surface area contributed by atoms with Gasteiger partial charge in [0, 0.05) is 12.0 Å². The van der Waals surface area contributed by atoms with Gasteiger partial charge in [-0.2, -0.15) is 0 Å². The van der Waals surface area contributed by atoms with Crippen LogP contribution in [-0.2, 0) is 11.2 Å². The van der Waals surface area contributed by atoms with E-state index in [0.29, 0.717) is 12.0 Å². The summed E-state index contributed by atoms with van der Waals surface area (Å²) in [6, 6.07) is 18.5. The minimum absolute atomic E-state index is 0.302. The smallest absolute Gasteiger partial charge is 0.251 e. The lowest BCUT2D eigenvalue weighted by atomic mass is 10.00. The van der Waals surface area contributed by atoms with Crippen LogP contribution < -0.4 is 11.1 Å². The minimum atomic E-state index is -0.754. The zero-order valence-electron chi connectivity index (χ0n) is 15.0. The number of hydrogen-bond acceptors (Lipinski definition) is 2. The maximum atomic E-state index is 12.6. The zero-order valence-corrected chi connectivity index (χ0v) is 15.0. The Morgan fingerprint density at radius 1 is 0.923 bits per heavy atom. The van der Waals surface area contributed by atoms with Crippen molar-refractivity contribution in [1.29, 1.82) is 0 Å². The topological polar surface area (TPSA) is 72.2 Å². The van der Waals surface area contributed by atoms with Crippen molar-refractivity contribution in [1.82, 2.24) is 5.32 Å². The summed E-state index contributed by atoms with van der Waals surface area (Å²) in [5, 5.41) is 4.80. The number of hydrogen-bond donors (Lipinski definition) is 2. The number of benzene rings is 3. The van der Waals surface area contributed by atoms with Crippen LogP contribution in [0.3, 0.4) is 0 Å². The SMILES string of the molecule is Cc1ccc(C[C@H](NC(=O)c2ccc3ccccc3c2)C(N)=O)cc1C. The average Bonchev–Trinajstić information content (AvgIpc) is 2.63. The maximum absolute atomic E-state index is 12.6. The van der Waals surface area contributed by atoms with Gasteiger partial charge in [0.05, 0.1) is 0 Å². The lowest BCUT2D eigenvalue weighted by Crippen LogP contribution is -2.45. The van der Waals surface area contributed by atoms with Gasteiger partial charge in [-0.05, 0) is 53.4 Å². The Morgan fingerprint density at radius 2 is 1.65 bits per heavy atom. The molecule has 3 N–H and O–H groups in total. The van der Waals surface area contributed by atoms with Gasteiger partial charge >= 0.3 is 0 Å². The number of carbonyl (C=O) groups is 2. The van der Waals surface area contributed by atoms with Gasteiger partial charge in [0.15, 0.2) is 0 Å². The molecule has 0 saturated carbocycles. The minimum Gasteiger partial charge on any atom is -0.368 e. The van der Waals surface area contributed by atoms with Gasteiger partial charge in [0.1, 0.15) is 6.04 Å². The highest BCUT2D eigenvalue weighted by molar-refractivity contribution is 6.00. The van der Waals surface area contributed by atoms with Crippen LogP contribution in [0.1, 0.15) is 27.0 Å². The number of nitrogens with two attached hydrogens (primary N) is 1. The van der Waals surface area contributed by atoms with E-state index in [9.17, 15) is 9.59 Å². The summed E-state index contributed by atoms with van der Waals surface area (Å²) in [4.78, 5) is 24.4. The number of amides is 2. The standard InChI is InChI=1S/C22H22N2O2/c1-14-7-8-16(11-15(14)2)12-20(21(23)25)24-22(26)19-10-9-17-5-3-4-6-18(17)13-19/h3-11,13,20H,12H2,1-2H3,(H2,23,25)(H,24,26)/t20-/m0/s1. The second kappa shape index (κ2) is 7.40. The molecule has 2 amide bonds. The lowest BCUT2D eigenvalue weighted by molar-refractivity contribution is -0.119. The van der Waals surface area contributed by atoms with Crippen LogP contribution in [0.25, 0.3) is 10.8 Å². The first kappa shape index (κ1) is 17.7. The predicted octanol–water partition coefficient (Wildman–Crippen LogP) is 3.28. The zero-order chi connectivity index (χ0) is 18.7. The summed E-state index contributed by atoms with van der Waals surface area (Å²) in [5.74, 6) is -0.847. The Bertz CT molecular complexity index is 979. The molecule has 0 aliphatic rings. The van der Waals surface area contributed by atoms with E-state index in [1.54, 1.807) is 6.07 Å². The first-order chi connectivity index (χ1) is 12.4. The summed E-state index contributed by atoms with van der Waals surface area (Å²) in [6.07, 6.45) is 0.371. The average molecular weight is 346 g/mol. The van der Waals surface area contributed by atoms with Crippen molar-refractivity contribution in [2.75, 3.05) is 0 Å². The van der Waals surface area contributed by atoms with Crippen LogP contribution >= 0.6 is 0 Å². The summed E-state index contributed by atoms with van der Waals surface area (Å²) >= 11 is 0. The quantitative estimate of drug-likeness (QED) is 0.744. The number of aryl methyl sites for hydroxylation is 2. The van der Waals surface area contributed by atoms with Crippen molar-refractivity contribution in [3.8, 4) is 0 Å². The highest BCUT2D eigenvalue weighted by Gasteiger charge is 2.20. The summed E-state index contributed by atoms with van der Waals surface area (Å²) in [5.41, 5.74) is 9.32. The Morgan fingerprint density at radius 3 is 2.35 bits per heavy atom. The van der Waals surface area contributed by atoms with Gasteiger partial charge < -0.3 is 11.1 Å². The molecule has 4 heteroatoms. The third kappa shape index (κ3) is 3.91. The van der Waals surface area contributed by atoms with Crippen LogP contribution in [0, 0.1) is 13.8 Å². The predicted molar refractivity (Wildman–Crippen MR) is 104 cm³/mol. The van der Waals surface area contributed by atoms with Crippen molar-refractivity contribution >= 4 is 22.6 Å². The molecule has 132 valence electrons. The number of primary amides is 1. The van der Waals surface area contributed by atoms with E-state index in [2.05, 4.69) is 5.32 Å². The highest BCUT2D eigenvalue weighted by atomic mass is 16.2. The van der Waals surface area contributed by atoms with Gasteiger partial charge in [-0.1, -0.05) is 48.5 Å².